The van der Waals surface area contributed by atoms with E-state index in [0.717, 1.165) is 31.9 Å². The predicted octanol–water partition coefficient (Wildman–Crippen LogP) is 2.23. The number of hydrogen-bond acceptors (Lipinski definition) is 4. The van der Waals surface area contributed by atoms with E-state index in [0.29, 0.717) is 18.0 Å². The summed E-state index contributed by atoms with van der Waals surface area (Å²) in [6, 6.07) is 7.05. The van der Waals surface area contributed by atoms with Crippen molar-refractivity contribution >= 4 is 21.6 Å². The molecule has 23 heavy (non-hydrogen) atoms. The lowest BCUT2D eigenvalue weighted by molar-refractivity contribution is -0.116. The smallest absolute Gasteiger partial charge is 0.239 e. The van der Waals surface area contributed by atoms with E-state index in [4.69, 9.17) is 4.74 Å². The molecule has 1 fully saturated rings. The molecule has 7 heteroatoms. The minimum absolute atomic E-state index is 0.0714. The minimum Gasteiger partial charge on any atom is -0.492 e. The zero-order chi connectivity index (χ0) is 16.9. The molecule has 1 saturated carbocycles. The van der Waals surface area contributed by atoms with Gasteiger partial charge >= 0.3 is 0 Å². The Hall–Kier alpha value is -1.60. The van der Waals surface area contributed by atoms with Crippen LogP contribution in [0, 0.1) is 0 Å². The Morgan fingerprint density at radius 3 is 2.57 bits per heavy atom. The molecular weight excluding hydrogens is 316 g/mol. The van der Waals surface area contributed by atoms with Gasteiger partial charge in [-0.15, -0.1) is 0 Å². The lowest BCUT2D eigenvalue weighted by atomic mass is 10.2. The van der Waals surface area contributed by atoms with Crippen molar-refractivity contribution in [1.29, 1.82) is 0 Å². The van der Waals surface area contributed by atoms with Crippen LogP contribution in [0.5, 0.6) is 5.75 Å². The second-order valence-corrected chi connectivity index (χ2v) is 7.66. The van der Waals surface area contributed by atoms with Crippen molar-refractivity contribution in [3.63, 3.8) is 0 Å². The van der Waals surface area contributed by atoms with Crippen molar-refractivity contribution in [3.8, 4) is 5.75 Å². The number of carbonyl (C=O) groups excluding carboxylic acids is 1. The molecule has 1 aliphatic carbocycles. The zero-order valence-corrected chi connectivity index (χ0v) is 14.4. The van der Waals surface area contributed by atoms with Gasteiger partial charge in [0, 0.05) is 6.04 Å². The van der Waals surface area contributed by atoms with Crippen LogP contribution in [-0.4, -0.2) is 44.1 Å². The van der Waals surface area contributed by atoms with Crippen LogP contribution in [0.15, 0.2) is 24.3 Å². The summed E-state index contributed by atoms with van der Waals surface area (Å²) in [5.74, 6) is 0.226. The highest BCUT2D eigenvalue weighted by atomic mass is 32.2. The summed E-state index contributed by atoms with van der Waals surface area (Å²) in [6.45, 7) is 2.19. The molecule has 0 unspecified atom stereocenters. The number of anilines is 1. The van der Waals surface area contributed by atoms with E-state index in [1.165, 1.54) is 4.31 Å². The summed E-state index contributed by atoms with van der Waals surface area (Å²) in [5.41, 5.74) is 0.555. The third-order valence-corrected chi connectivity index (χ3v) is 5.20. The Morgan fingerprint density at radius 1 is 1.30 bits per heavy atom. The molecule has 2 rings (SSSR count). The van der Waals surface area contributed by atoms with E-state index in [9.17, 15) is 13.2 Å². The molecule has 0 heterocycles. The summed E-state index contributed by atoms with van der Waals surface area (Å²) in [7, 11) is -3.41. The Balaban J connectivity index is 2.08. The zero-order valence-electron chi connectivity index (χ0n) is 13.6. The molecule has 1 aromatic rings. The van der Waals surface area contributed by atoms with E-state index < -0.39 is 10.0 Å². The Bertz CT molecular complexity index is 639. The minimum atomic E-state index is -3.41. The summed E-state index contributed by atoms with van der Waals surface area (Å²) in [6.07, 6.45) is 4.80. The number of para-hydroxylation sites is 2. The van der Waals surface area contributed by atoms with Gasteiger partial charge in [-0.05, 0) is 31.9 Å². The van der Waals surface area contributed by atoms with E-state index in [2.05, 4.69) is 5.32 Å². The number of benzene rings is 1. The van der Waals surface area contributed by atoms with Crippen LogP contribution < -0.4 is 10.1 Å². The van der Waals surface area contributed by atoms with Gasteiger partial charge in [-0.25, -0.2) is 8.42 Å². The molecular formula is C16H24N2O4S. The van der Waals surface area contributed by atoms with Gasteiger partial charge < -0.3 is 10.1 Å². The molecule has 1 aromatic carbocycles. The average Bonchev–Trinajstić information content (AvgIpc) is 3.00. The number of amides is 1. The van der Waals surface area contributed by atoms with Crippen LogP contribution >= 0.6 is 0 Å². The first-order chi connectivity index (χ1) is 10.9. The Kier molecular flexibility index (Phi) is 6.01. The van der Waals surface area contributed by atoms with Gasteiger partial charge in [-0.1, -0.05) is 25.0 Å². The molecule has 1 amide bonds. The van der Waals surface area contributed by atoms with Gasteiger partial charge in [0.15, 0.2) is 0 Å². The lowest BCUT2D eigenvalue weighted by Crippen LogP contribution is -2.43. The maximum Gasteiger partial charge on any atom is 0.239 e. The maximum absolute atomic E-state index is 12.3. The fraction of sp³-hybridized carbons (Fsp3) is 0.562. The molecule has 6 nitrogen and oxygen atoms in total. The second-order valence-electron chi connectivity index (χ2n) is 5.72. The monoisotopic (exact) mass is 340 g/mol. The van der Waals surface area contributed by atoms with Crippen LogP contribution in [0.1, 0.15) is 32.6 Å². The quantitative estimate of drug-likeness (QED) is 0.826. The van der Waals surface area contributed by atoms with Crippen LogP contribution in [-0.2, 0) is 14.8 Å². The summed E-state index contributed by atoms with van der Waals surface area (Å²) < 4.78 is 30.8. The fourth-order valence-electron chi connectivity index (χ4n) is 2.89. The normalized spacial score (nSPS) is 15.8. The van der Waals surface area contributed by atoms with Crippen LogP contribution in [0.2, 0.25) is 0 Å². The molecule has 1 aliphatic rings. The first kappa shape index (κ1) is 17.7. The van der Waals surface area contributed by atoms with Crippen LogP contribution in [0.25, 0.3) is 0 Å². The highest BCUT2D eigenvalue weighted by Crippen LogP contribution is 2.26. The van der Waals surface area contributed by atoms with E-state index in [1.807, 2.05) is 13.0 Å². The van der Waals surface area contributed by atoms with Gasteiger partial charge in [0.25, 0.3) is 0 Å². The van der Waals surface area contributed by atoms with Gasteiger partial charge in [0.2, 0.25) is 15.9 Å². The van der Waals surface area contributed by atoms with Crippen LogP contribution in [0.4, 0.5) is 5.69 Å². The number of rotatable bonds is 7. The largest absolute Gasteiger partial charge is 0.492 e. The van der Waals surface area contributed by atoms with Crippen molar-refractivity contribution in [3.05, 3.63) is 24.3 Å². The maximum atomic E-state index is 12.3. The third kappa shape index (κ3) is 4.94. The number of ether oxygens (including phenoxy) is 1. The highest BCUT2D eigenvalue weighted by molar-refractivity contribution is 7.88. The van der Waals surface area contributed by atoms with Crippen molar-refractivity contribution in [2.75, 3.05) is 24.7 Å². The summed E-state index contributed by atoms with van der Waals surface area (Å²) in [4.78, 5) is 12.3. The first-order valence-corrected chi connectivity index (χ1v) is 9.75. The second kappa shape index (κ2) is 7.79. The molecule has 0 bridgehead atoms. The lowest BCUT2D eigenvalue weighted by Gasteiger charge is -2.25. The van der Waals surface area contributed by atoms with E-state index in [1.54, 1.807) is 18.2 Å². The van der Waals surface area contributed by atoms with E-state index >= 15 is 0 Å². The van der Waals surface area contributed by atoms with Crippen molar-refractivity contribution in [2.24, 2.45) is 0 Å². The molecule has 0 spiro atoms. The number of carbonyl (C=O) groups is 1. The molecule has 0 aromatic heterocycles. The molecule has 0 saturated heterocycles. The van der Waals surface area contributed by atoms with Crippen molar-refractivity contribution in [2.45, 2.75) is 38.6 Å². The van der Waals surface area contributed by atoms with Gasteiger partial charge in [0.05, 0.1) is 25.1 Å². The number of sulfonamides is 1. The molecule has 0 radical (unpaired) electrons. The standard InChI is InChI=1S/C16H24N2O4S/c1-3-22-15-11-7-6-10-14(15)17-16(19)12-18(23(2,20)21)13-8-4-5-9-13/h6-7,10-11,13H,3-5,8-9,12H2,1-2H3,(H,17,19). The Labute approximate surface area is 137 Å². The van der Waals surface area contributed by atoms with E-state index in [-0.39, 0.29) is 18.5 Å². The number of hydrogen-bond donors (Lipinski definition) is 1. The molecule has 1 N–H and O–H groups in total. The summed E-state index contributed by atoms with van der Waals surface area (Å²) >= 11 is 0. The van der Waals surface area contributed by atoms with Gasteiger partial charge in [-0.3, -0.25) is 4.79 Å². The molecule has 0 aliphatic heterocycles. The first-order valence-electron chi connectivity index (χ1n) is 7.90. The molecule has 0 atom stereocenters. The van der Waals surface area contributed by atoms with Crippen LogP contribution in [0.3, 0.4) is 0 Å². The van der Waals surface area contributed by atoms with Gasteiger partial charge in [0.1, 0.15) is 5.75 Å². The summed E-state index contributed by atoms with van der Waals surface area (Å²) in [5, 5.41) is 2.75. The predicted molar refractivity (Wildman–Crippen MR) is 90.0 cm³/mol. The Morgan fingerprint density at radius 2 is 1.96 bits per heavy atom. The molecule has 128 valence electrons. The van der Waals surface area contributed by atoms with Crippen molar-refractivity contribution in [1.82, 2.24) is 4.31 Å². The highest BCUT2D eigenvalue weighted by Gasteiger charge is 2.31. The number of nitrogens with one attached hydrogen (secondary N) is 1. The van der Waals surface area contributed by atoms with Gasteiger partial charge in [-0.2, -0.15) is 4.31 Å². The SMILES string of the molecule is CCOc1ccccc1NC(=O)CN(C1CCCC1)S(C)(=O)=O. The van der Waals surface area contributed by atoms with Crippen molar-refractivity contribution < 1.29 is 17.9 Å². The fourth-order valence-corrected chi connectivity index (χ4v) is 4.00. The number of nitrogens with zero attached hydrogens (tertiary/aromatic N) is 1. The topological polar surface area (TPSA) is 75.7 Å². The average molecular weight is 340 g/mol. The third-order valence-electron chi connectivity index (χ3n) is 3.92.